The van der Waals surface area contributed by atoms with Crippen LogP contribution in [0.3, 0.4) is 0 Å². The minimum atomic E-state index is -0.941. The Morgan fingerprint density at radius 3 is 2.38 bits per heavy atom. The van der Waals surface area contributed by atoms with Crippen LogP contribution in [0.5, 0.6) is 0 Å². The summed E-state index contributed by atoms with van der Waals surface area (Å²) in [5.74, 6) is -0.593. The third kappa shape index (κ3) is 4.50. The van der Waals surface area contributed by atoms with Gasteiger partial charge in [-0.3, -0.25) is 0 Å². The molecule has 2 aromatic carbocycles. The maximum Gasteiger partial charge on any atom is 0.160 e. The molecule has 3 rings (SSSR count). The van der Waals surface area contributed by atoms with Crippen LogP contribution in [0.15, 0.2) is 48.5 Å². The largest absolute Gasteiger partial charge is 0.370 e. The van der Waals surface area contributed by atoms with Crippen molar-refractivity contribution in [3.63, 3.8) is 0 Å². The molecule has 26 heavy (non-hydrogen) atoms. The van der Waals surface area contributed by atoms with E-state index in [0.717, 1.165) is 12.1 Å². The van der Waals surface area contributed by atoms with E-state index in [0.29, 0.717) is 41.7 Å². The van der Waals surface area contributed by atoms with Crippen molar-refractivity contribution in [1.29, 1.82) is 0 Å². The van der Waals surface area contributed by atoms with Crippen LogP contribution in [-0.4, -0.2) is 16.5 Å². The fourth-order valence-electron chi connectivity index (χ4n) is 2.47. The number of nitrogens with zero attached hydrogens (tertiary/aromatic N) is 2. The molecule has 3 aromatic rings. The van der Waals surface area contributed by atoms with Crippen molar-refractivity contribution in [3.05, 3.63) is 77.4 Å². The van der Waals surface area contributed by atoms with Gasteiger partial charge in [-0.2, -0.15) is 0 Å². The molecule has 7 heteroatoms. The average molecular weight is 358 g/mol. The topological polar surface area (TPSA) is 49.8 Å². The van der Waals surface area contributed by atoms with Gasteiger partial charge in [0.1, 0.15) is 23.3 Å². The molecule has 0 fully saturated rings. The number of hydrogen-bond donors (Lipinski definition) is 2. The molecule has 0 saturated carbocycles. The third-order valence-electron chi connectivity index (χ3n) is 3.69. The van der Waals surface area contributed by atoms with E-state index in [4.69, 9.17) is 0 Å². The van der Waals surface area contributed by atoms with Crippen molar-refractivity contribution in [2.75, 3.05) is 17.2 Å². The molecular formula is C19H17F3N4. The molecule has 0 aliphatic carbocycles. The zero-order valence-corrected chi connectivity index (χ0v) is 14.1. The number of anilines is 3. The highest BCUT2D eigenvalue weighted by molar-refractivity contribution is 5.59. The number of nitrogens with one attached hydrogen (secondary N) is 2. The van der Waals surface area contributed by atoms with Gasteiger partial charge in [-0.05, 0) is 37.1 Å². The summed E-state index contributed by atoms with van der Waals surface area (Å²) >= 11 is 0. The first-order chi connectivity index (χ1) is 12.5. The Morgan fingerprint density at radius 2 is 1.62 bits per heavy atom. The van der Waals surface area contributed by atoms with Gasteiger partial charge < -0.3 is 10.6 Å². The van der Waals surface area contributed by atoms with Crippen LogP contribution in [0.4, 0.5) is 30.5 Å². The zero-order valence-electron chi connectivity index (χ0n) is 14.1. The highest BCUT2D eigenvalue weighted by atomic mass is 19.2. The molecule has 134 valence electrons. The molecular weight excluding hydrogens is 341 g/mol. The van der Waals surface area contributed by atoms with Gasteiger partial charge >= 0.3 is 0 Å². The molecule has 2 N–H and O–H groups in total. The molecule has 0 radical (unpaired) electrons. The molecule has 0 aliphatic rings. The quantitative estimate of drug-likeness (QED) is 0.676. The number of halogens is 3. The Kier molecular flexibility index (Phi) is 5.36. The molecule has 0 amide bonds. The van der Waals surface area contributed by atoms with Crippen molar-refractivity contribution < 1.29 is 13.2 Å². The first-order valence-electron chi connectivity index (χ1n) is 8.06. The SMILES string of the molecule is Cc1nc(NCCc2ccccc2F)cc(Nc2ccc(F)c(F)c2)n1. The first-order valence-corrected chi connectivity index (χ1v) is 8.06. The lowest BCUT2D eigenvalue weighted by atomic mass is 10.1. The van der Waals surface area contributed by atoms with Crippen LogP contribution in [0.2, 0.25) is 0 Å². The van der Waals surface area contributed by atoms with Crippen LogP contribution in [0, 0.1) is 24.4 Å². The first kappa shape index (κ1) is 17.7. The van der Waals surface area contributed by atoms with Crippen LogP contribution < -0.4 is 10.6 Å². The summed E-state index contributed by atoms with van der Waals surface area (Å²) in [6, 6.07) is 11.8. The zero-order chi connectivity index (χ0) is 18.5. The van der Waals surface area contributed by atoms with Crippen LogP contribution in [0.25, 0.3) is 0 Å². The smallest absolute Gasteiger partial charge is 0.160 e. The summed E-state index contributed by atoms with van der Waals surface area (Å²) < 4.78 is 39.9. The van der Waals surface area contributed by atoms with Crippen LogP contribution in [0.1, 0.15) is 11.4 Å². The Bertz CT molecular complexity index is 915. The van der Waals surface area contributed by atoms with Crippen molar-refractivity contribution in [2.24, 2.45) is 0 Å². The molecule has 0 spiro atoms. The Labute approximate surface area is 149 Å². The molecule has 4 nitrogen and oxygen atoms in total. The van der Waals surface area contributed by atoms with E-state index < -0.39 is 11.6 Å². The molecule has 0 unspecified atom stereocenters. The summed E-state index contributed by atoms with van der Waals surface area (Å²) in [7, 11) is 0. The molecule has 0 aliphatic heterocycles. The van der Waals surface area contributed by atoms with E-state index in [9.17, 15) is 13.2 Å². The van der Waals surface area contributed by atoms with Crippen molar-refractivity contribution >= 4 is 17.3 Å². The molecule has 1 heterocycles. The maximum atomic E-state index is 13.6. The normalized spacial score (nSPS) is 10.6. The minimum absolute atomic E-state index is 0.242. The van der Waals surface area contributed by atoms with Gasteiger partial charge in [0.05, 0.1) is 0 Å². The number of aromatic nitrogens is 2. The van der Waals surface area contributed by atoms with Crippen LogP contribution in [-0.2, 0) is 6.42 Å². The summed E-state index contributed by atoms with van der Waals surface area (Å²) in [5, 5.41) is 6.03. The van der Waals surface area contributed by atoms with E-state index in [1.165, 1.54) is 12.1 Å². The maximum absolute atomic E-state index is 13.6. The molecule has 0 bridgehead atoms. The standard InChI is InChI=1S/C19H17F3N4/c1-12-24-18(23-9-8-13-4-2-3-5-15(13)20)11-19(25-12)26-14-6-7-16(21)17(22)10-14/h2-7,10-11H,8-9H2,1H3,(H2,23,24,25,26). The average Bonchev–Trinajstić information content (AvgIpc) is 2.59. The summed E-state index contributed by atoms with van der Waals surface area (Å²) in [4.78, 5) is 8.49. The van der Waals surface area contributed by atoms with E-state index in [2.05, 4.69) is 20.6 Å². The van der Waals surface area contributed by atoms with Gasteiger partial charge in [-0.15, -0.1) is 0 Å². The predicted molar refractivity (Wildman–Crippen MR) is 95.0 cm³/mol. The number of benzene rings is 2. The van der Waals surface area contributed by atoms with Gasteiger partial charge in [0, 0.05) is 24.4 Å². The van der Waals surface area contributed by atoms with Gasteiger partial charge in [0.2, 0.25) is 0 Å². The number of rotatable bonds is 6. The van der Waals surface area contributed by atoms with Crippen molar-refractivity contribution in [3.8, 4) is 0 Å². The second-order valence-corrected chi connectivity index (χ2v) is 5.71. The molecule has 0 saturated heterocycles. The lowest BCUT2D eigenvalue weighted by molar-refractivity contribution is 0.509. The molecule has 1 aromatic heterocycles. The third-order valence-corrected chi connectivity index (χ3v) is 3.69. The van der Waals surface area contributed by atoms with Gasteiger partial charge in [-0.1, -0.05) is 18.2 Å². The molecule has 0 atom stereocenters. The summed E-state index contributed by atoms with van der Waals surface area (Å²) in [5.41, 5.74) is 0.991. The monoisotopic (exact) mass is 358 g/mol. The fourth-order valence-corrected chi connectivity index (χ4v) is 2.47. The van der Waals surface area contributed by atoms with Crippen LogP contribution >= 0.6 is 0 Å². The highest BCUT2D eigenvalue weighted by Gasteiger charge is 2.06. The van der Waals surface area contributed by atoms with Crippen molar-refractivity contribution in [1.82, 2.24) is 9.97 Å². The summed E-state index contributed by atoms with van der Waals surface area (Å²) in [6.07, 6.45) is 0.502. The second kappa shape index (κ2) is 7.86. The number of hydrogen-bond acceptors (Lipinski definition) is 4. The fraction of sp³-hybridized carbons (Fsp3) is 0.158. The lowest BCUT2D eigenvalue weighted by Crippen LogP contribution is -2.09. The van der Waals surface area contributed by atoms with E-state index in [-0.39, 0.29) is 5.82 Å². The highest BCUT2D eigenvalue weighted by Crippen LogP contribution is 2.19. The minimum Gasteiger partial charge on any atom is -0.370 e. The van der Waals surface area contributed by atoms with Gasteiger partial charge in [-0.25, -0.2) is 23.1 Å². The Hall–Kier alpha value is -3.09. The van der Waals surface area contributed by atoms with Gasteiger partial charge in [0.15, 0.2) is 11.6 Å². The van der Waals surface area contributed by atoms with E-state index in [1.807, 2.05) is 0 Å². The Morgan fingerprint density at radius 1 is 0.846 bits per heavy atom. The Balaban J connectivity index is 1.67. The van der Waals surface area contributed by atoms with Gasteiger partial charge in [0.25, 0.3) is 0 Å². The predicted octanol–water partition coefficient (Wildman–Crippen LogP) is 4.60. The van der Waals surface area contributed by atoms with Crippen molar-refractivity contribution in [2.45, 2.75) is 13.3 Å². The second-order valence-electron chi connectivity index (χ2n) is 5.71. The summed E-state index contributed by atoms with van der Waals surface area (Å²) in [6.45, 7) is 2.21. The number of aryl methyl sites for hydroxylation is 1. The van der Waals surface area contributed by atoms with E-state index in [1.54, 1.807) is 31.2 Å². The lowest BCUT2D eigenvalue weighted by Gasteiger charge is -2.11. The van der Waals surface area contributed by atoms with E-state index >= 15 is 0 Å².